The van der Waals surface area contributed by atoms with Gasteiger partial charge in [0.05, 0.1) is 24.4 Å². The molecule has 0 aliphatic carbocycles. The van der Waals surface area contributed by atoms with Crippen molar-refractivity contribution >= 4 is 22.7 Å². The number of nitrogens with two attached hydrogens (primary N) is 1. The molecule has 0 saturated carbocycles. The highest BCUT2D eigenvalue weighted by molar-refractivity contribution is 5.73. The minimum absolute atomic E-state index is 0.00558. The van der Waals surface area contributed by atoms with E-state index in [2.05, 4.69) is 25.4 Å². The molecular formula is C17H18N6O. The predicted octanol–water partition coefficient (Wildman–Crippen LogP) is 2.01. The second kappa shape index (κ2) is 6.38. The molecule has 3 heterocycles. The van der Waals surface area contributed by atoms with Crippen molar-refractivity contribution < 1.29 is 4.74 Å². The topological polar surface area (TPSA) is 89.2 Å². The van der Waals surface area contributed by atoms with E-state index in [0.717, 1.165) is 28.8 Å². The number of aromatic nitrogens is 3. The van der Waals surface area contributed by atoms with Gasteiger partial charge in [0.2, 0.25) is 5.95 Å². The molecule has 1 aromatic carbocycles. The van der Waals surface area contributed by atoms with Crippen molar-refractivity contribution in [2.45, 2.75) is 6.10 Å². The quantitative estimate of drug-likeness (QED) is 0.713. The third-order valence-corrected chi connectivity index (χ3v) is 3.98. The van der Waals surface area contributed by atoms with Crippen LogP contribution in [-0.4, -0.2) is 39.7 Å². The molecule has 1 atom stereocenters. The van der Waals surface area contributed by atoms with Crippen molar-refractivity contribution in [2.75, 3.05) is 30.9 Å². The Morgan fingerprint density at radius 3 is 2.88 bits per heavy atom. The van der Waals surface area contributed by atoms with Crippen LogP contribution in [0.25, 0.3) is 11.0 Å². The molecule has 122 valence electrons. The molecule has 3 N–H and O–H groups in total. The third-order valence-electron chi connectivity index (χ3n) is 3.98. The zero-order chi connectivity index (χ0) is 16.4. The first-order valence-electron chi connectivity index (χ1n) is 7.84. The Balaban J connectivity index is 1.48. The van der Waals surface area contributed by atoms with Crippen LogP contribution < -0.4 is 11.2 Å². The highest BCUT2D eigenvalue weighted by Gasteiger charge is 2.22. The molecule has 3 aromatic rings. The van der Waals surface area contributed by atoms with Gasteiger partial charge in [0.25, 0.3) is 0 Å². The van der Waals surface area contributed by atoms with Crippen molar-refractivity contribution in [3.63, 3.8) is 0 Å². The van der Waals surface area contributed by atoms with Gasteiger partial charge in [-0.15, -0.1) is 0 Å². The second-order valence-corrected chi connectivity index (χ2v) is 5.69. The largest absolute Gasteiger partial charge is 0.399 e. The lowest BCUT2D eigenvalue weighted by Gasteiger charge is -2.33. The van der Waals surface area contributed by atoms with E-state index in [4.69, 9.17) is 10.5 Å². The first-order valence-corrected chi connectivity index (χ1v) is 7.84. The zero-order valence-corrected chi connectivity index (χ0v) is 13.1. The molecule has 0 amide bonds. The van der Waals surface area contributed by atoms with Crippen LogP contribution in [0.2, 0.25) is 0 Å². The normalized spacial score (nSPS) is 18.6. The summed E-state index contributed by atoms with van der Waals surface area (Å²) >= 11 is 0. The van der Waals surface area contributed by atoms with E-state index in [0.29, 0.717) is 19.1 Å². The minimum atomic E-state index is -0.00558. The zero-order valence-electron chi connectivity index (χ0n) is 13.1. The lowest BCUT2D eigenvalue weighted by atomic mass is 10.1. The number of hydrogen-bond acceptors (Lipinski definition) is 7. The molecule has 1 aliphatic heterocycles. The van der Waals surface area contributed by atoms with Gasteiger partial charge in [-0.2, -0.15) is 0 Å². The molecule has 24 heavy (non-hydrogen) atoms. The Labute approximate surface area is 139 Å². The maximum atomic E-state index is 5.87. The van der Waals surface area contributed by atoms with Gasteiger partial charge < -0.3 is 10.5 Å². The number of benzene rings is 1. The fraction of sp³-hybridized carbons (Fsp3) is 0.235. The summed E-state index contributed by atoms with van der Waals surface area (Å²) in [6.45, 7) is 2.11. The molecule has 7 heteroatoms. The van der Waals surface area contributed by atoms with Gasteiger partial charge in [-0.1, -0.05) is 12.1 Å². The van der Waals surface area contributed by atoms with Crippen molar-refractivity contribution in [1.29, 1.82) is 0 Å². The average molecular weight is 322 g/mol. The maximum absolute atomic E-state index is 5.87. The Morgan fingerprint density at radius 2 is 2.00 bits per heavy atom. The van der Waals surface area contributed by atoms with Crippen LogP contribution in [0.5, 0.6) is 0 Å². The summed E-state index contributed by atoms with van der Waals surface area (Å²) in [4.78, 5) is 13.1. The standard InChI is InChI=1S/C17H18N6O/c18-13-5-3-12(4-6-13)16-11-23(8-9-24-16)22-17-20-10-15-14(21-17)2-1-7-19-15/h1-7,10,16H,8-9,11,18H2,(H,20,21,22). The minimum Gasteiger partial charge on any atom is -0.399 e. The van der Waals surface area contributed by atoms with Gasteiger partial charge in [0, 0.05) is 25.0 Å². The van der Waals surface area contributed by atoms with Crippen molar-refractivity contribution in [2.24, 2.45) is 0 Å². The molecule has 7 nitrogen and oxygen atoms in total. The lowest BCUT2D eigenvalue weighted by molar-refractivity contribution is -0.0215. The van der Waals surface area contributed by atoms with E-state index >= 15 is 0 Å². The average Bonchev–Trinajstić information content (AvgIpc) is 2.62. The van der Waals surface area contributed by atoms with Crippen LogP contribution >= 0.6 is 0 Å². The fourth-order valence-corrected chi connectivity index (χ4v) is 2.73. The molecule has 0 bridgehead atoms. The molecule has 4 rings (SSSR count). The van der Waals surface area contributed by atoms with E-state index < -0.39 is 0 Å². The van der Waals surface area contributed by atoms with Crippen molar-refractivity contribution in [3.8, 4) is 0 Å². The summed E-state index contributed by atoms with van der Waals surface area (Å²) in [7, 11) is 0. The smallest absolute Gasteiger partial charge is 0.238 e. The van der Waals surface area contributed by atoms with Gasteiger partial charge in [0.15, 0.2) is 0 Å². The molecule has 2 aromatic heterocycles. The predicted molar refractivity (Wildman–Crippen MR) is 92.1 cm³/mol. The van der Waals surface area contributed by atoms with E-state index in [1.165, 1.54) is 0 Å². The van der Waals surface area contributed by atoms with E-state index in [1.807, 2.05) is 36.4 Å². The molecule has 1 aliphatic rings. The highest BCUT2D eigenvalue weighted by atomic mass is 16.5. The Hall–Kier alpha value is -2.77. The van der Waals surface area contributed by atoms with Crippen molar-refractivity contribution in [1.82, 2.24) is 20.0 Å². The number of hydrogen-bond donors (Lipinski definition) is 2. The number of rotatable bonds is 3. The van der Waals surface area contributed by atoms with Gasteiger partial charge in [0.1, 0.15) is 5.52 Å². The van der Waals surface area contributed by atoms with E-state index in [-0.39, 0.29) is 6.10 Å². The molecule has 1 unspecified atom stereocenters. The van der Waals surface area contributed by atoms with E-state index in [9.17, 15) is 0 Å². The Morgan fingerprint density at radius 1 is 1.12 bits per heavy atom. The molecule has 1 fully saturated rings. The number of nitrogens with zero attached hydrogens (tertiary/aromatic N) is 4. The summed E-state index contributed by atoms with van der Waals surface area (Å²) in [6, 6.07) is 11.6. The monoisotopic (exact) mass is 322 g/mol. The van der Waals surface area contributed by atoms with Gasteiger partial charge in [-0.25, -0.2) is 15.0 Å². The van der Waals surface area contributed by atoms with Gasteiger partial charge in [-0.3, -0.25) is 10.4 Å². The maximum Gasteiger partial charge on any atom is 0.238 e. The van der Waals surface area contributed by atoms with Gasteiger partial charge in [-0.05, 0) is 29.8 Å². The molecular weight excluding hydrogens is 304 g/mol. The van der Waals surface area contributed by atoms with Crippen LogP contribution in [0.15, 0.2) is 48.8 Å². The first-order chi connectivity index (χ1) is 11.8. The third kappa shape index (κ3) is 3.12. The Bertz CT molecular complexity index is 838. The number of morpholine rings is 1. The Kier molecular flexibility index (Phi) is 3.94. The fourth-order valence-electron chi connectivity index (χ4n) is 2.73. The number of anilines is 2. The SMILES string of the molecule is Nc1ccc(C2CN(Nc3ncc4ncccc4n3)CCO2)cc1. The summed E-state index contributed by atoms with van der Waals surface area (Å²) in [6.07, 6.45) is 3.45. The summed E-state index contributed by atoms with van der Waals surface area (Å²) in [5.74, 6) is 0.563. The van der Waals surface area contributed by atoms with Crippen LogP contribution in [-0.2, 0) is 4.74 Å². The number of nitrogen functional groups attached to an aromatic ring is 1. The highest BCUT2D eigenvalue weighted by Crippen LogP contribution is 2.23. The number of fused-ring (bicyclic) bond motifs is 1. The van der Waals surface area contributed by atoms with Crippen LogP contribution in [0.1, 0.15) is 11.7 Å². The molecule has 0 radical (unpaired) electrons. The van der Waals surface area contributed by atoms with Gasteiger partial charge >= 0.3 is 0 Å². The number of ether oxygens (including phenoxy) is 1. The van der Waals surface area contributed by atoms with Crippen LogP contribution in [0, 0.1) is 0 Å². The first kappa shape index (κ1) is 14.8. The van der Waals surface area contributed by atoms with Crippen LogP contribution in [0.3, 0.4) is 0 Å². The summed E-state index contributed by atoms with van der Waals surface area (Å²) in [5.41, 5.74) is 12.5. The number of hydrazine groups is 1. The summed E-state index contributed by atoms with van der Waals surface area (Å²) < 4.78 is 5.87. The molecule has 0 spiro atoms. The van der Waals surface area contributed by atoms with Crippen LogP contribution in [0.4, 0.5) is 11.6 Å². The number of pyridine rings is 1. The van der Waals surface area contributed by atoms with Crippen molar-refractivity contribution in [3.05, 3.63) is 54.4 Å². The lowest BCUT2D eigenvalue weighted by Crippen LogP contribution is -2.42. The van der Waals surface area contributed by atoms with E-state index in [1.54, 1.807) is 12.4 Å². The summed E-state index contributed by atoms with van der Waals surface area (Å²) in [5, 5.41) is 2.07. The number of nitrogens with one attached hydrogen (secondary N) is 1. The molecule has 1 saturated heterocycles. The second-order valence-electron chi connectivity index (χ2n) is 5.69.